The second-order valence-corrected chi connectivity index (χ2v) is 5.24. The number of thioether (sulfide) groups is 1. The number of benzene rings is 1. The summed E-state index contributed by atoms with van der Waals surface area (Å²) < 4.78 is 0. The van der Waals surface area contributed by atoms with Gasteiger partial charge in [0.05, 0.1) is 10.4 Å². The van der Waals surface area contributed by atoms with E-state index in [2.05, 4.69) is 9.97 Å². The van der Waals surface area contributed by atoms with Gasteiger partial charge in [-0.05, 0) is 12.0 Å². The Labute approximate surface area is 114 Å². The number of aliphatic hydroxyl groups is 1. The molecule has 2 rings (SSSR count). The molecule has 1 atom stereocenters. The van der Waals surface area contributed by atoms with E-state index in [1.807, 2.05) is 6.92 Å². The number of aromatic nitrogens is 2. The number of aliphatic hydroxyl groups excluding tert-OH is 1. The molecule has 0 aliphatic rings. The van der Waals surface area contributed by atoms with E-state index < -0.39 is 4.92 Å². The van der Waals surface area contributed by atoms with Crippen molar-refractivity contribution in [3.05, 3.63) is 34.6 Å². The van der Waals surface area contributed by atoms with Crippen molar-refractivity contribution in [1.29, 1.82) is 0 Å². The first-order chi connectivity index (χ1) is 9.11. The molecule has 1 heterocycles. The van der Waals surface area contributed by atoms with Crippen LogP contribution in [0.5, 0.6) is 0 Å². The fourth-order valence-electron chi connectivity index (χ4n) is 1.52. The molecule has 0 fully saturated rings. The van der Waals surface area contributed by atoms with Gasteiger partial charge in [-0.25, -0.2) is 9.97 Å². The summed E-state index contributed by atoms with van der Waals surface area (Å²) in [5.41, 5.74) is 0.708. The smallest absolute Gasteiger partial charge is 0.270 e. The van der Waals surface area contributed by atoms with Gasteiger partial charge in [0.2, 0.25) is 0 Å². The summed E-state index contributed by atoms with van der Waals surface area (Å²) in [5.74, 6) is 0.847. The zero-order valence-corrected chi connectivity index (χ0v) is 11.1. The Morgan fingerprint density at radius 2 is 2.26 bits per heavy atom. The molecule has 1 unspecified atom stereocenters. The van der Waals surface area contributed by atoms with E-state index in [-0.39, 0.29) is 18.2 Å². The minimum absolute atomic E-state index is 0.0272. The molecule has 0 aliphatic carbocycles. The largest absolute Gasteiger partial charge is 0.396 e. The van der Waals surface area contributed by atoms with Crippen LogP contribution in [0.2, 0.25) is 0 Å². The molecule has 0 bridgehead atoms. The number of hydrogen-bond acceptors (Lipinski definition) is 6. The summed E-state index contributed by atoms with van der Waals surface area (Å²) in [4.78, 5) is 18.6. The highest BCUT2D eigenvalue weighted by molar-refractivity contribution is 7.99. The Hall–Kier alpha value is -1.73. The van der Waals surface area contributed by atoms with Crippen molar-refractivity contribution in [1.82, 2.24) is 9.97 Å². The molecule has 1 N–H and O–H groups in total. The summed E-state index contributed by atoms with van der Waals surface area (Å²) >= 11 is 1.47. The summed E-state index contributed by atoms with van der Waals surface area (Å²) in [7, 11) is 0. The van der Waals surface area contributed by atoms with Crippen LogP contribution < -0.4 is 0 Å². The van der Waals surface area contributed by atoms with Crippen LogP contribution in [0.1, 0.15) is 6.92 Å². The zero-order chi connectivity index (χ0) is 13.8. The molecule has 6 nitrogen and oxygen atoms in total. The lowest BCUT2D eigenvalue weighted by molar-refractivity contribution is -0.384. The Bertz CT molecular complexity index is 606. The van der Waals surface area contributed by atoms with Gasteiger partial charge in [0.1, 0.15) is 11.4 Å². The SMILES string of the molecule is CC(CO)CSc1ncnc2ccc([N+](=O)[O-])cc12. The average Bonchev–Trinajstić information content (AvgIpc) is 2.43. The summed E-state index contributed by atoms with van der Waals surface area (Å²) in [5, 5.41) is 21.2. The topological polar surface area (TPSA) is 89.2 Å². The third-order valence-electron chi connectivity index (χ3n) is 2.61. The standard InChI is InChI=1S/C12H13N3O3S/c1-8(5-16)6-19-12-10-4-9(15(17)18)2-3-11(10)13-7-14-12/h2-4,7-8,16H,5-6H2,1H3. The monoisotopic (exact) mass is 279 g/mol. The first-order valence-corrected chi connectivity index (χ1v) is 6.73. The van der Waals surface area contributed by atoms with Crippen molar-refractivity contribution in [2.24, 2.45) is 5.92 Å². The number of non-ortho nitro benzene ring substituents is 1. The number of rotatable bonds is 5. The van der Waals surface area contributed by atoms with Crippen LogP contribution in [0, 0.1) is 16.0 Å². The van der Waals surface area contributed by atoms with Gasteiger partial charge in [0, 0.05) is 29.9 Å². The maximum absolute atomic E-state index is 10.8. The van der Waals surface area contributed by atoms with E-state index in [0.29, 0.717) is 21.7 Å². The molecule has 1 aromatic heterocycles. The summed E-state index contributed by atoms with van der Waals surface area (Å²) in [6.45, 7) is 2.04. The van der Waals surface area contributed by atoms with E-state index in [0.717, 1.165) is 0 Å². The van der Waals surface area contributed by atoms with Crippen molar-refractivity contribution < 1.29 is 10.0 Å². The minimum atomic E-state index is -0.433. The van der Waals surface area contributed by atoms with Gasteiger partial charge in [-0.3, -0.25) is 10.1 Å². The van der Waals surface area contributed by atoms with Crippen LogP contribution in [-0.2, 0) is 0 Å². The van der Waals surface area contributed by atoms with Crippen LogP contribution in [0.4, 0.5) is 5.69 Å². The molecule has 100 valence electrons. The van der Waals surface area contributed by atoms with Crippen molar-refractivity contribution in [2.75, 3.05) is 12.4 Å². The molecule has 0 aliphatic heterocycles. The lowest BCUT2D eigenvalue weighted by Crippen LogP contribution is -2.03. The molecule has 0 saturated carbocycles. The first kappa shape index (κ1) is 13.7. The van der Waals surface area contributed by atoms with Crippen LogP contribution in [-0.4, -0.2) is 32.4 Å². The number of nitrogens with zero attached hydrogens (tertiary/aromatic N) is 3. The molecule has 0 saturated heterocycles. The molecule has 1 aromatic carbocycles. The Balaban J connectivity index is 2.37. The highest BCUT2D eigenvalue weighted by Gasteiger charge is 2.11. The van der Waals surface area contributed by atoms with Crippen molar-refractivity contribution in [3.8, 4) is 0 Å². The van der Waals surface area contributed by atoms with Gasteiger partial charge in [0.15, 0.2) is 0 Å². The first-order valence-electron chi connectivity index (χ1n) is 5.74. The van der Waals surface area contributed by atoms with E-state index in [4.69, 9.17) is 5.11 Å². The number of nitro benzene ring substituents is 1. The molecule has 7 heteroatoms. The molecular formula is C12H13N3O3S. The van der Waals surface area contributed by atoms with E-state index >= 15 is 0 Å². The fourth-order valence-corrected chi connectivity index (χ4v) is 2.51. The second kappa shape index (κ2) is 5.94. The second-order valence-electron chi connectivity index (χ2n) is 4.24. The summed E-state index contributed by atoms with van der Waals surface area (Å²) in [6.07, 6.45) is 1.44. The Morgan fingerprint density at radius 3 is 2.95 bits per heavy atom. The van der Waals surface area contributed by atoms with Crippen LogP contribution in [0.3, 0.4) is 0 Å². The molecule has 2 aromatic rings. The maximum atomic E-state index is 10.8. The van der Waals surface area contributed by atoms with E-state index in [1.165, 1.54) is 30.2 Å². The normalized spacial score (nSPS) is 12.5. The minimum Gasteiger partial charge on any atom is -0.396 e. The third kappa shape index (κ3) is 3.18. The molecular weight excluding hydrogens is 266 g/mol. The van der Waals surface area contributed by atoms with Gasteiger partial charge >= 0.3 is 0 Å². The van der Waals surface area contributed by atoms with Crippen molar-refractivity contribution >= 4 is 28.4 Å². The van der Waals surface area contributed by atoms with Gasteiger partial charge in [0.25, 0.3) is 5.69 Å². The number of hydrogen-bond donors (Lipinski definition) is 1. The van der Waals surface area contributed by atoms with Crippen LogP contribution >= 0.6 is 11.8 Å². The highest BCUT2D eigenvalue weighted by atomic mass is 32.2. The van der Waals surface area contributed by atoms with Crippen molar-refractivity contribution in [3.63, 3.8) is 0 Å². The van der Waals surface area contributed by atoms with Gasteiger partial charge in [-0.2, -0.15) is 0 Å². The third-order valence-corrected chi connectivity index (χ3v) is 3.94. The Morgan fingerprint density at radius 1 is 1.47 bits per heavy atom. The van der Waals surface area contributed by atoms with E-state index in [9.17, 15) is 10.1 Å². The molecule has 0 radical (unpaired) electrons. The molecule has 0 spiro atoms. The lowest BCUT2D eigenvalue weighted by Gasteiger charge is -2.08. The predicted octanol–water partition coefficient (Wildman–Crippen LogP) is 2.26. The van der Waals surface area contributed by atoms with Gasteiger partial charge < -0.3 is 5.11 Å². The van der Waals surface area contributed by atoms with E-state index in [1.54, 1.807) is 6.07 Å². The van der Waals surface area contributed by atoms with Crippen molar-refractivity contribution in [2.45, 2.75) is 11.9 Å². The van der Waals surface area contributed by atoms with Crippen LogP contribution in [0.25, 0.3) is 10.9 Å². The quantitative estimate of drug-likeness (QED) is 0.391. The van der Waals surface area contributed by atoms with Crippen LogP contribution in [0.15, 0.2) is 29.6 Å². The number of nitro groups is 1. The number of fused-ring (bicyclic) bond motifs is 1. The summed E-state index contributed by atoms with van der Waals surface area (Å²) in [6, 6.07) is 4.54. The van der Waals surface area contributed by atoms with Gasteiger partial charge in [-0.1, -0.05) is 6.92 Å². The molecule has 0 amide bonds. The zero-order valence-electron chi connectivity index (χ0n) is 10.3. The van der Waals surface area contributed by atoms with Gasteiger partial charge in [-0.15, -0.1) is 11.8 Å². The molecule has 19 heavy (non-hydrogen) atoms. The average molecular weight is 279 g/mol. The Kier molecular flexibility index (Phi) is 4.28. The fraction of sp³-hybridized carbons (Fsp3) is 0.333. The predicted molar refractivity (Wildman–Crippen MR) is 73.2 cm³/mol. The highest BCUT2D eigenvalue weighted by Crippen LogP contribution is 2.28. The lowest BCUT2D eigenvalue weighted by atomic mass is 10.2. The maximum Gasteiger partial charge on any atom is 0.270 e.